The lowest BCUT2D eigenvalue weighted by Gasteiger charge is -2.09. The highest BCUT2D eigenvalue weighted by atomic mass is 79.9. The van der Waals surface area contributed by atoms with Gasteiger partial charge >= 0.3 is 0 Å². The van der Waals surface area contributed by atoms with Crippen LogP contribution in [0.3, 0.4) is 0 Å². The van der Waals surface area contributed by atoms with E-state index in [0.717, 1.165) is 17.6 Å². The van der Waals surface area contributed by atoms with E-state index in [9.17, 15) is 0 Å². The van der Waals surface area contributed by atoms with E-state index in [-0.39, 0.29) is 0 Å². The predicted octanol–water partition coefficient (Wildman–Crippen LogP) is 2.86. The minimum Gasteiger partial charge on any atom is -0.384 e. The van der Waals surface area contributed by atoms with Crippen molar-refractivity contribution in [3.63, 3.8) is 0 Å². The minimum atomic E-state index is 0.557. The summed E-state index contributed by atoms with van der Waals surface area (Å²) in [6.07, 6.45) is 0. The summed E-state index contributed by atoms with van der Waals surface area (Å²) in [4.78, 5) is 0. The Kier molecular flexibility index (Phi) is 4.98. The Bertz CT molecular complexity index is 256. The van der Waals surface area contributed by atoms with Crippen LogP contribution < -0.4 is 10.6 Å². The number of nitrogens with one attached hydrogen (secondary N) is 2. The van der Waals surface area contributed by atoms with E-state index in [0.29, 0.717) is 6.04 Å². The van der Waals surface area contributed by atoms with Gasteiger partial charge in [0.15, 0.2) is 0 Å². The molecule has 0 aliphatic rings. The first-order chi connectivity index (χ1) is 6.68. The molecule has 2 nitrogen and oxygen atoms in total. The molecule has 0 fully saturated rings. The van der Waals surface area contributed by atoms with Crippen LogP contribution in [0.1, 0.15) is 13.8 Å². The summed E-state index contributed by atoms with van der Waals surface area (Å²) in [5.41, 5.74) is 1.17. The normalized spacial score (nSPS) is 10.6. The van der Waals surface area contributed by atoms with Gasteiger partial charge in [-0.1, -0.05) is 29.8 Å². The van der Waals surface area contributed by atoms with E-state index < -0.39 is 0 Å². The Balaban J connectivity index is 2.21. The SMILES string of the molecule is CC(C)NCCNc1ccc(Br)cc1. The first-order valence-electron chi connectivity index (χ1n) is 4.91. The number of benzene rings is 1. The molecule has 0 aromatic heterocycles. The lowest BCUT2D eigenvalue weighted by atomic mass is 10.3. The molecule has 0 bridgehead atoms. The van der Waals surface area contributed by atoms with Crippen LogP contribution in [-0.4, -0.2) is 19.1 Å². The molecular weight excluding hydrogens is 240 g/mol. The Labute approximate surface area is 94.2 Å². The fourth-order valence-corrected chi connectivity index (χ4v) is 1.40. The Morgan fingerprint density at radius 2 is 1.79 bits per heavy atom. The molecule has 0 radical (unpaired) electrons. The van der Waals surface area contributed by atoms with Gasteiger partial charge in [-0.3, -0.25) is 0 Å². The lowest BCUT2D eigenvalue weighted by Crippen LogP contribution is -2.28. The van der Waals surface area contributed by atoms with Crippen molar-refractivity contribution < 1.29 is 0 Å². The summed E-state index contributed by atoms with van der Waals surface area (Å²) in [7, 11) is 0. The highest BCUT2D eigenvalue weighted by molar-refractivity contribution is 9.10. The van der Waals surface area contributed by atoms with Crippen molar-refractivity contribution in [2.24, 2.45) is 0 Å². The molecule has 1 rings (SSSR count). The fourth-order valence-electron chi connectivity index (χ4n) is 1.14. The molecule has 0 spiro atoms. The summed E-state index contributed by atoms with van der Waals surface area (Å²) in [6.45, 7) is 6.26. The van der Waals surface area contributed by atoms with Crippen molar-refractivity contribution >= 4 is 21.6 Å². The summed E-state index contributed by atoms with van der Waals surface area (Å²) in [6, 6.07) is 8.77. The number of hydrogen-bond donors (Lipinski definition) is 2. The maximum absolute atomic E-state index is 3.41. The quantitative estimate of drug-likeness (QED) is 0.792. The minimum absolute atomic E-state index is 0.557. The van der Waals surface area contributed by atoms with Crippen molar-refractivity contribution in [3.8, 4) is 0 Å². The fraction of sp³-hybridized carbons (Fsp3) is 0.455. The standard InChI is InChI=1S/C11H17BrN2/c1-9(2)13-7-8-14-11-5-3-10(12)4-6-11/h3-6,9,13-14H,7-8H2,1-2H3. The molecule has 0 heterocycles. The van der Waals surface area contributed by atoms with Crippen LogP contribution in [0, 0.1) is 0 Å². The van der Waals surface area contributed by atoms with Crippen LogP contribution in [0.25, 0.3) is 0 Å². The molecule has 0 atom stereocenters. The van der Waals surface area contributed by atoms with Gasteiger partial charge < -0.3 is 10.6 Å². The van der Waals surface area contributed by atoms with Crippen LogP contribution in [-0.2, 0) is 0 Å². The van der Waals surface area contributed by atoms with Crippen LogP contribution in [0.15, 0.2) is 28.7 Å². The van der Waals surface area contributed by atoms with Gasteiger partial charge in [-0.2, -0.15) is 0 Å². The largest absolute Gasteiger partial charge is 0.384 e. The smallest absolute Gasteiger partial charge is 0.0341 e. The third-order valence-corrected chi connectivity index (χ3v) is 2.38. The summed E-state index contributed by atoms with van der Waals surface area (Å²) >= 11 is 3.41. The Morgan fingerprint density at radius 1 is 1.14 bits per heavy atom. The van der Waals surface area contributed by atoms with Gasteiger partial charge in [0.05, 0.1) is 0 Å². The topological polar surface area (TPSA) is 24.1 Å². The lowest BCUT2D eigenvalue weighted by molar-refractivity contribution is 0.602. The average Bonchev–Trinajstić information content (AvgIpc) is 2.15. The molecule has 2 N–H and O–H groups in total. The Hall–Kier alpha value is -0.540. The van der Waals surface area contributed by atoms with E-state index >= 15 is 0 Å². The zero-order valence-electron chi connectivity index (χ0n) is 8.68. The Morgan fingerprint density at radius 3 is 2.36 bits per heavy atom. The van der Waals surface area contributed by atoms with Gasteiger partial charge in [0, 0.05) is 29.3 Å². The van der Waals surface area contributed by atoms with Crippen molar-refractivity contribution in [2.75, 3.05) is 18.4 Å². The van der Waals surface area contributed by atoms with E-state index in [1.54, 1.807) is 0 Å². The number of rotatable bonds is 5. The van der Waals surface area contributed by atoms with Crippen LogP contribution in [0.4, 0.5) is 5.69 Å². The maximum Gasteiger partial charge on any atom is 0.0341 e. The molecule has 0 aliphatic carbocycles. The van der Waals surface area contributed by atoms with E-state index in [2.05, 4.69) is 52.5 Å². The summed E-state index contributed by atoms with van der Waals surface area (Å²) in [5, 5.41) is 6.70. The molecule has 0 aliphatic heterocycles. The highest BCUT2D eigenvalue weighted by Gasteiger charge is 1.93. The summed E-state index contributed by atoms with van der Waals surface area (Å²) < 4.78 is 1.11. The zero-order chi connectivity index (χ0) is 10.4. The van der Waals surface area contributed by atoms with Gasteiger partial charge in [0.2, 0.25) is 0 Å². The van der Waals surface area contributed by atoms with Gasteiger partial charge in [-0.15, -0.1) is 0 Å². The third-order valence-electron chi connectivity index (χ3n) is 1.85. The van der Waals surface area contributed by atoms with Gasteiger partial charge in [0.1, 0.15) is 0 Å². The number of anilines is 1. The van der Waals surface area contributed by atoms with E-state index in [1.165, 1.54) is 5.69 Å². The zero-order valence-corrected chi connectivity index (χ0v) is 10.3. The van der Waals surface area contributed by atoms with E-state index in [4.69, 9.17) is 0 Å². The summed E-state index contributed by atoms with van der Waals surface area (Å²) in [5.74, 6) is 0. The molecule has 0 unspecified atom stereocenters. The second-order valence-electron chi connectivity index (χ2n) is 3.54. The third kappa shape index (κ3) is 4.63. The van der Waals surface area contributed by atoms with Crippen molar-refractivity contribution in [1.29, 1.82) is 0 Å². The first-order valence-corrected chi connectivity index (χ1v) is 5.70. The molecular formula is C11H17BrN2. The molecule has 3 heteroatoms. The van der Waals surface area contributed by atoms with Crippen molar-refractivity contribution in [3.05, 3.63) is 28.7 Å². The van der Waals surface area contributed by atoms with Gasteiger partial charge in [-0.05, 0) is 24.3 Å². The molecule has 1 aromatic carbocycles. The molecule has 0 saturated carbocycles. The molecule has 1 aromatic rings. The monoisotopic (exact) mass is 256 g/mol. The maximum atomic E-state index is 3.41. The second kappa shape index (κ2) is 6.04. The van der Waals surface area contributed by atoms with Gasteiger partial charge in [-0.25, -0.2) is 0 Å². The second-order valence-corrected chi connectivity index (χ2v) is 4.46. The van der Waals surface area contributed by atoms with Crippen LogP contribution in [0.2, 0.25) is 0 Å². The molecule has 0 saturated heterocycles. The van der Waals surface area contributed by atoms with Gasteiger partial charge in [0.25, 0.3) is 0 Å². The molecule has 0 amide bonds. The average molecular weight is 257 g/mol. The molecule has 78 valence electrons. The number of hydrogen-bond acceptors (Lipinski definition) is 2. The first kappa shape index (κ1) is 11.5. The van der Waals surface area contributed by atoms with Crippen LogP contribution in [0.5, 0.6) is 0 Å². The van der Waals surface area contributed by atoms with Crippen molar-refractivity contribution in [1.82, 2.24) is 5.32 Å². The highest BCUT2D eigenvalue weighted by Crippen LogP contribution is 2.13. The molecule has 14 heavy (non-hydrogen) atoms. The van der Waals surface area contributed by atoms with Crippen LogP contribution >= 0.6 is 15.9 Å². The number of halogens is 1. The van der Waals surface area contributed by atoms with Crippen molar-refractivity contribution in [2.45, 2.75) is 19.9 Å². The van der Waals surface area contributed by atoms with E-state index in [1.807, 2.05) is 12.1 Å². The predicted molar refractivity (Wildman–Crippen MR) is 65.8 cm³/mol.